The monoisotopic (exact) mass is 1080 g/mol. The Hall–Kier alpha value is -8.52. The molecule has 4 atom stereocenters. The first-order chi connectivity index (χ1) is 36.3. The van der Waals surface area contributed by atoms with Crippen LogP contribution in [0.25, 0.3) is 0 Å². The zero-order valence-electron chi connectivity index (χ0n) is 42.2. The number of carbonyl (C=O) groups is 8. The summed E-state index contributed by atoms with van der Waals surface area (Å²) >= 11 is 2.68. The summed E-state index contributed by atoms with van der Waals surface area (Å²) in [6.45, 7) is 0.558. The van der Waals surface area contributed by atoms with E-state index in [0.29, 0.717) is 46.1 Å². The summed E-state index contributed by atoms with van der Waals surface area (Å²) in [5, 5.41) is 13.2. The van der Waals surface area contributed by atoms with Gasteiger partial charge in [0.15, 0.2) is 35.9 Å². The highest BCUT2D eigenvalue weighted by Crippen LogP contribution is 2.25. The van der Waals surface area contributed by atoms with E-state index in [2.05, 4.69) is 20.2 Å². The van der Waals surface area contributed by atoms with Crippen LogP contribution in [0.2, 0.25) is 0 Å². The van der Waals surface area contributed by atoms with Crippen molar-refractivity contribution in [2.75, 3.05) is 54.4 Å². The third kappa shape index (κ3) is 15.7. The highest BCUT2D eigenvalue weighted by Gasteiger charge is 2.34. The second-order valence-corrected chi connectivity index (χ2v) is 19.3. The predicted octanol–water partition coefficient (Wildman–Crippen LogP) is 2.99. The number of thiazole rings is 2. The number of esters is 4. The summed E-state index contributed by atoms with van der Waals surface area (Å²) in [5.74, 6) is -6.25. The Kier molecular flexibility index (Phi) is 18.6. The Morgan fingerprint density at radius 1 is 0.487 bits per heavy atom. The van der Waals surface area contributed by atoms with Gasteiger partial charge in [0.2, 0.25) is 0 Å². The molecule has 0 radical (unpaired) electrons. The zero-order chi connectivity index (χ0) is 54.5. The fourth-order valence-corrected chi connectivity index (χ4v) is 8.58. The first-order valence-corrected chi connectivity index (χ1v) is 25.2. The number of aromatic nitrogens is 6. The number of nitrogens with zero attached hydrogens (tertiary/aromatic N) is 10. The van der Waals surface area contributed by atoms with Gasteiger partial charge in [0, 0.05) is 64.2 Å². The van der Waals surface area contributed by atoms with E-state index in [1.165, 1.54) is 64.7 Å². The van der Waals surface area contributed by atoms with Gasteiger partial charge >= 0.3 is 23.9 Å². The first-order valence-electron chi connectivity index (χ1n) is 23.5. The third-order valence-electron chi connectivity index (χ3n) is 11.4. The highest BCUT2D eigenvalue weighted by atomic mass is 32.1. The van der Waals surface area contributed by atoms with Crippen molar-refractivity contribution in [1.29, 1.82) is 0 Å². The topological polar surface area (TPSA) is 266 Å². The van der Waals surface area contributed by atoms with Crippen LogP contribution in [0.1, 0.15) is 36.1 Å². The van der Waals surface area contributed by atoms with Crippen LogP contribution in [0, 0.1) is 0 Å². The van der Waals surface area contributed by atoms with E-state index in [1.807, 2.05) is 0 Å². The van der Waals surface area contributed by atoms with Gasteiger partial charge < -0.3 is 48.0 Å². The van der Waals surface area contributed by atoms with Crippen LogP contribution in [0.15, 0.2) is 96.5 Å². The maximum absolute atomic E-state index is 14.0. The zero-order valence-corrected chi connectivity index (χ0v) is 43.8. The van der Waals surface area contributed by atoms with Crippen LogP contribution in [0.4, 0.5) is 0 Å². The predicted molar refractivity (Wildman–Crippen MR) is 269 cm³/mol. The molecule has 1 saturated heterocycles. The molecule has 2 aromatic carbocycles. The molecule has 26 heteroatoms. The number of carbonyl (C=O) groups excluding carboxylic acids is 8. The van der Waals surface area contributed by atoms with Crippen molar-refractivity contribution in [3.05, 3.63) is 119 Å². The molecular formula is C50H54N10O14S2. The Morgan fingerprint density at radius 3 is 1.16 bits per heavy atom. The number of amides is 4. The van der Waals surface area contributed by atoms with Crippen molar-refractivity contribution in [2.24, 2.45) is 0 Å². The molecule has 0 spiro atoms. The van der Waals surface area contributed by atoms with Crippen LogP contribution in [0.5, 0.6) is 21.9 Å². The minimum atomic E-state index is -1.51. The minimum Gasteiger partial charge on any atom is -0.451 e. The largest absolute Gasteiger partial charge is 0.451 e. The molecule has 1 aliphatic heterocycles. The number of hydrogen-bond donors (Lipinski definition) is 0. The van der Waals surface area contributed by atoms with Crippen molar-refractivity contribution in [1.82, 2.24) is 49.1 Å². The Bertz CT molecular complexity index is 2780. The van der Waals surface area contributed by atoms with Crippen molar-refractivity contribution < 1.29 is 66.8 Å². The average molecular weight is 1080 g/mol. The van der Waals surface area contributed by atoms with E-state index in [0.717, 1.165) is 30.7 Å². The van der Waals surface area contributed by atoms with Crippen molar-refractivity contribution in [3.8, 4) is 21.9 Å². The number of benzene rings is 2. The van der Waals surface area contributed by atoms with Gasteiger partial charge in [-0.05, 0) is 36.1 Å². The van der Waals surface area contributed by atoms with Gasteiger partial charge in [-0.1, -0.05) is 71.2 Å². The molecule has 6 aromatic rings. The van der Waals surface area contributed by atoms with Gasteiger partial charge in [0.25, 0.3) is 34.0 Å². The van der Waals surface area contributed by atoms with E-state index < -0.39 is 98.1 Å². The number of hydrogen-bond acceptors (Lipinski definition) is 20. The maximum Gasteiger partial charge on any atom is 0.326 e. The fourth-order valence-electron chi connectivity index (χ4n) is 7.57. The highest BCUT2D eigenvalue weighted by molar-refractivity contribution is 7.11. The third-order valence-corrected chi connectivity index (χ3v) is 12.7. The van der Waals surface area contributed by atoms with E-state index in [4.69, 9.17) is 28.4 Å². The average Bonchev–Trinajstić information content (AvgIpc) is 4.25. The molecule has 400 valence electrons. The molecule has 5 heterocycles. The Labute approximate surface area is 443 Å². The van der Waals surface area contributed by atoms with Crippen molar-refractivity contribution in [2.45, 2.75) is 64.2 Å². The molecule has 0 aliphatic carbocycles. The molecule has 0 N–H and O–H groups in total. The summed E-state index contributed by atoms with van der Waals surface area (Å²) in [6, 6.07) is 14.1. The van der Waals surface area contributed by atoms with Gasteiger partial charge in [-0.3, -0.25) is 47.7 Å². The maximum atomic E-state index is 14.0. The van der Waals surface area contributed by atoms with Gasteiger partial charge in [0.1, 0.15) is 26.2 Å². The minimum absolute atomic E-state index is 0.155. The summed E-state index contributed by atoms with van der Waals surface area (Å²) in [5.41, 5.74) is 2.81. The molecule has 1 fully saturated rings. The molecule has 4 unspecified atom stereocenters. The van der Waals surface area contributed by atoms with Gasteiger partial charge in [-0.2, -0.15) is 10.2 Å². The van der Waals surface area contributed by atoms with E-state index >= 15 is 0 Å². The lowest BCUT2D eigenvalue weighted by Crippen LogP contribution is -2.47. The van der Waals surface area contributed by atoms with E-state index in [1.54, 1.807) is 106 Å². The Balaban J connectivity index is 1.02. The van der Waals surface area contributed by atoms with Gasteiger partial charge in [-0.15, -0.1) is 0 Å². The van der Waals surface area contributed by atoms with Crippen LogP contribution < -0.4 is 9.47 Å². The summed E-state index contributed by atoms with van der Waals surface area (Å²) in [7, 11) is 5.07. The van der Waals surface area contributed by atoms with Crippen LogP contribution in [-0.2, 0) is 83.2 Å². The van der Waals surface area contributed by atoms with Crippen LogP contribution in [-0.4, -0.2) is 175 Å². The number of rotatable bonds is 12. The molecule has 76 heavy (non-hydrogen) atoms. The molecular weight excluding hydrogens is 1030 g/mol. The summed E-state index contributed by atoms with van der Waals surface area (Å²) < 4.78 is 36.8. The molecule has 24 nitrogen and oxygen atoms in total. The lowest BCUT2D eigenvalue weighted by molar-refractivity contribution is -0.169. The van der Waals surface area contributed by atoms with Crippen LogP contribution in [0.3, 0.4) is 0 Å². The summed E-state index contributed by atoms with van der Waals surface area (Å²) in [6.07, 6.45) is 3.56. The van der Waals surface area contributed by atoms with Gasteiger partial charge in [-0.25, -0.2) is 9.97 Å². The quantitative estimate of drug-likeness (QED) is 0.126. The van der Waals surface area contributed by atoms with E-state index in [9.17, 15) is 38.4 Å². The molecule has 4 aromatic heterocycles. The molecule has 1 aliphatic rings. The molecule has 7 rings (SSSR count). The lowest BCUT2D eigenvalue weighted by Gasteiger charge is -2.27. The molecule has 0 saturated carbocycles. The first kappa shape index (κ1) is 55.2. The smallest absolute Gasteiger partial charge is 0.326 e. The fraction of sp³-hybridized carbons (Fsp3) is 0.360. The van der Waals surface area contributed by atoms with Crippen molar-refractivity contribution in [3.63, 3.8) is 0 Å². The summed E-state index contributed by atoms with van der Waals surface area (Å²) in [4.78, 5) is 120. The molecule has 0 bridgehead atoms. The SMILES string of the molecule is CC1OC(=O)CN(C)C(=O)C(Cc2ccc(Cn3cc(Oc4nccs4)cn3)cc2)OC(=O)CN(C)C(=O)C(C)OC(=O)CN(C)C(=O)C(Cc2ccc(Cn3cc(Oc4nccs4)cn3)cc2)OC(=O)CN(C)C1=O. The Morgan fingerprint density at radius 2 is 0.816 bits per heavy atom. The van der Waals surface area contributed by atoms with Crippen molar-refractivity contribution >= 4 is 70.2 Å². The standard InChI is InChI=1S/C50H54N10O14S2/c1-31-45(65)55(3)29-43(63)73-40(20-34-9-13-36(14-10-34)24-60-26-38(22-54-60)72-50-52-16-18-76-50)48(68)58(6)28-42(62)70-32(2)46(66)56(4)30-44(64)74-39(47(67)57(5)27-41(61)69-31)19-33-7-11-35(12-8-33)23-59-25-37(21-53-59)71-49-51-15-17-75-49/h7-18,21-22,25-26,31-32,39-40H,19-20,23-24,27-30H2,1-6H3. The van der Waals surface area contributed by atoms with E-state index in [-0.39, 0.29) is 12.8 Å². The number of likely N-dealkylation sites (N-methyl/N-ethyl adjacent to an activating group) is 4. The molecule has 4 amide bonds. The number of cyclic esters (lactones) is 4. The second kappa shape index (κ2) is 25.6. The van der Waals surface area contributed by atoms with Gasteiger partial charge in [0.05, 0.1) is 37.9 Å². The number of ether oxygens (including phenoxy) is 6. The lowest BCUT2D eigenvalue weighted by atomic mass is 10.0. The van der Waals surface area contributed by atoms with Crippen LogP contribution >= 0.6 is 22.7 Å². The normalized spacial score (nSPS) is 19.4. The second-order valence-electron chi connectivity index (χ2n) is 17.6.